The summed E-state index contributed by atoms with van der Waals surface area (Å²) in [5, 5.41) is 21.9. The summed E-state index contributed by atoms with van der Waals surface area (Å²) in [4.78, 5) is 11.8. The second-order valence-corrected chi connectivity index (χ2v) is 4.56. The van der Waals surface area contributed by atoms with Gasteiger partial charge < -0.3 is 15.8 Å². The highest BCUT2D eigenvalue weighted by Gasteiger charge is 1.98. The number of rotatable bonds is 4. The number of aryl methyl sites for hydroxylation is 1. The van der Waals surface area contributed by atoms with E-state index in [-0.39, 0.29) is 16.8 Å². The zero-order valence-corrected chi connectivity index (χ0v) is 11.5. The Morgan fingerprint density at radius 3 is 2.57 bits per heavy atom. The molecule has 0 aliphatic heterocycles. The zero-order valence-electron chi connectivity index (χ0n) is 11.5. The van der Waals surface area contributed by atoms with Crippen molar-refractivity contribution in [3.05, 3.63) is 70.9 Å². The lowest BCUT2D eigenvalue weighted by Crippen LogP contribution is -2.07. The van der Waals surface area contributed by atoms with Crippen molar-refractivity contribution < 1.29 is 10.0 Å². The third-order valence-corrected chi connectivity index (χ3v) is 2.83. The minimum atomic E-state index is -0.239. The topological polar surface area (TPSA) is 75.6 Å². The molecule has 21 heavy (non-hydrogen) atoms. The molecule has 0 aliphatic rings. The van der Waals surface area contributed by atoms with Crippen molar-refractivity contribution in [2.45, 2.75) is 6.92 Å². The van der Waals surface area contributed by atoms with E-state index in [9.17, 15) is 10.0 Å². The maximum absolute atomic E-state index is 11.8. The lowest BCUT2D eigenvalue weighted by atomic mass is 10.2. The van der Waals surface area contributed by atoms with E-state index in [2.05, 4.69) is 5.32 Å². The molecule has 0 fully saturated rings. The van der Waals surface area contributed by atoms with Gasteiger partial charge in [0.05, 0.1) is 5.69 Å². The number of nitrogens with zero attached hydrogens (tertiary/aromatic N) is 1. The van der Waals surface area contributed by atoms with Crippen LogP contribution in [0.4, 0.5) is 11.4 Å². The molecule has 0 atom stereocenters. The molecule has 0 heterocycles. The van der Waals surface area contributed by atoms with Gasteiger partial charge in [0.15, 0.2) is 0 Å². The fourth-order valence-corrected chi connectivity index (χ4v) is 1.79. The van der Waals surface area contributed by atoms with E-state index < -0.39 is 0 Å². The standard InChI is InChI=1S/C16H15N2O3/c1-12-3-2-4-14(11-12)17-16(19)10-7-13-5-8-15(9-6-13)18(20)21/h2-11,20H,1H3,(H,17,19)/q-1/b10-7+. The predicted molar refractivity (Wildman–Crippen MR) is 82.9 cm³/mol. The maximum atomic E-state index is 11.8. The number of amides is 1. The van der Waals surface area contributed by atoms with Crippen molar-refractivity contribution in [2.75, 3.05) is 10.5 Å². The minimum absolute atomic E-state index is 0.136. The number of hydrogen-bond donors (Lipinski definition) is 2. The van der Waals surface area contributed by atoms with Crippen molar-refractivity contribution in [1.82, 2.24) is 0 Å². The number of carbonyl (C=O) groups is 1. The van der Waals surface area contributed by atoms with Gasteiger partial charge in [-0.25, -0.2) is 0 Å². The molecule has 0 bridgehead atoms. The van der Waals surface area contributed by atoms with Gasteiger partial charge in [-0.15, -0.1) is 0 Å². The average Bonchev–Trinajstić information content (AvgIpc) is 2.45. The van der Waals surface area contributed by atoms with Crippen LogP contribution < -0.4 is 10.5 Å². The van der Waals surface area contributed by atoms with Crippen LogP contribution in [-0.4, -0.2) is 11.1 Å². The lowest BCUT2D eigenvalue weighted by molar-refractivity contribution is -0.111. The van der Waals surface area contributed by atoms with E-state index in [4.69, 9.17) is 5.21 Å². The molecule has 0 aliphatic carbocycles. The number of hydrogen-bond acceptors (Lipinski definition) is 4. The van der Waals surface area contributed by atoms with Crippen LogP contribution in [-0.2, 0) is 4.79 Å². The Morgan fingerprint density at radius 1 is 1.24 bits per heavy atom. The van der Waals surface area contributed by atoms with Gasteiger partial charge in [0.1, 0.15) is 0 Å². The fraction of sp³-hybridized carbons (Fsp3) is 0.0625. The second kappa shape index (κ2) is 6.69. The molecule has 0 radical (unpaired) electrons. The van der Waals surface area contributed by atoms with Crippen LogP contribution in [0.15, 0.2) is 54.6 Å². The molecule has 2 aromatic carbocycles. The normalized spacial score (nSPS) is 10.6. The Bertz CT molecular complexity index is 649. The van der Waals surface area contributed by atoms with Crippen molar-refractivity contribution in [2.24, 2.45) is 0 Å². The van der Waals surface area contributed by atoms with E-state index in [1.807, 2.05) is 31.2 Å². The Kier molecular flexibility index (Phi) is 4.71. The molecule has 5 heteroatoms. The Labute approximate surface area is 122 Å². The molecule has 0 aromatic heterocycles. The highest BCUT2D eigenvalue weighted by atomic mass is 16.8. The Hall–Kier alpha value is -2.63. The van der Waals surface area contributed by atoms with Crippen LogP contribution >= 0.6 is 0 Å². The minimum Gasteiger partial charge on any atom is -0.733 e. The SMILES string of the molecule is Cc1cccc(NC(=O)/C=C/c2ccc(N([O-])O)cc2)c1. The molecule has 0 saturated carbocycles. The Balaban J connectivity index is 1.98. The molecular formula is C16H15N2O3-. The molecule has 2 aromatic rings. The molecule has 0 spiro atoms. The molecule has 0 unspecified atom stereocenters. The van der Waals surface area contributed by atoms with Crippen LogP contribution in [0.1, 0.15) is 11.1 Å². The van der Waals surface area contributed by atoms with Gasteiger partial charge in [0, 0.05) is 11.8 Å². The van der Waals surface area contributed by atoms with Crippen molar-refractivity contribution in [1.29, 1.82) is 0 Å². The lowest BCUT2D eigenvalue weighted by Gasteiger charge is -2.21. The van der Waals surface area contributed by atoms with Crippen LogP contribution in [0, 0.1) is 12.1 Å². The average molecular weight is 283 g/mol. The van der Waals surface area contributed by atoms with E-state index >= 15 is 0 Å². The van der Waals surface area contributed by atoms with Gasteiger partial charge in [-0.3, -0.25) is 10.0 Å². The summed E-state index contributed by atoms with van der Waals surface area (Å²) >= 11 is 0. The Morgan fingerprint density at radius 2 is 1.95 bits per heavy atom. The summed E-state index contributed by atoms with van der Waals surface area (Å²) in [6.07, 6.45) is 3.03. The number of anilines is 2. The molecule has 5 nitrogen and oxygen atoms in total. The van der Waals surface area contributed by atoms with Crippen molar-refractivity contribution >= 4 is 23.4 Å². The van der Waals surface area contributed by atoms with Crippen molar-refractivity contribution in [3.8, 4) is 0 Å². The van der Waals surface area contributed by atoms with Crippen LogP contribution in [0.5, 0.6) is 0 Å². The second-order valence-electron chi connectivity index (χ2n) is 4.56. The summed E-state index contributed by atoms with van der Waals surface area (Å²) in [6, 6.07) is 13.7. The molecular weight excluding hydrogens is 268 g/mol. The van der Waals surface area contributed by atoms with Gasteiger partial charge in [0.2, 0.25) is 5.91 Å². The highest BCUT2D eigenvalue weighted by Crippen LogP contribution is 2.14. The quantitative estimate of drug-likeness (QED) is 0.666. The monoisotopic (exact) mass is 283 g/mol. The molecule has 0 saturated heterocycles. The number of carbonyl (C=O) groups excluding carboxylic acids is 1. The third-order valence-electron chi connectivity index (χ3n) is 2.83. The summed E-state index contributed by atoms with van der Waals surface area (Å²) in [5.74, 6) is -0.239. The first-order valence-electron chi connectivity index (χ1n) is 6.36. The van der Waals surface area contributed by atoms with E-state index in [1.54, 1.807) is 18.2 Å². The fourth-order valence-electron chi connectivity index (χ4n) is 1.79. The summed E-state index contributed by atoms with van der Waals surface area (Å²) in [7, 11) is 0. The predicted octanol–water partition coefficient (Wildman–Crippen LogP) is 3.34. The number of nitrogens with one attached hydrogen (secondary N) is 1. The maximum Gasteiger partial charge on any atom is 0.248 e. The first-order chi connectivity index (χ1) is 10.0. The first kappa shape index (κ1) is 14.8. The smallest absolute Gasteiger partial charge is 0.248 e. The van der Waals surface area contributed by atoms with E-state index in [1.165, 1.54) is 18.2 Å². The van der Waals surface area contributed by atoms with E-state index in [0.29, 0.717) is 0 Å². The molecule has 1 amide bonds. The van der Waals surface area contributed by atoms with Crippen LogP contribution in [0.3, 0.4) is 0 Å². The van der Waals surface area contributed by atoms with Gasteiger partial charge in [-0.05, 0) is 48.4 Å². The molecule has 108 valence electrons. The van der Waals surface area contributed by atoms with Gasteiger partial charge in [-0.2, -0.15) is 0 Å². The summed E-state index contributed by atoms with van der Waals surface area (Å²) in [5.41, 5.74) is 2.69. The highest BCUT2D eigenvalue weighted by molar-refractivity contribution is 6.01. The molecule has 2 N–H and O–H groups in total. The van der Waals surface area contributed by atoms with Gasteiger partial charge in [-0.1, -0.05) is 24.3 Å². The van der Waals surface area contributed by atoms with Gasteiger partial charge in [0.25, 0.3) is 0 Å². The largest absolute Gasteiger partial charge is 0.733 e. The van der Waals surface area contributed by atoms with Gasteiger partial charge >= 0.3 is 0 Å². The van der Waals surface area contributed by atoms with Crippen molar-refractivity contribution in [3.63, 3.8) is 0 Å². The van der Waals surface area contributed by atoms with Crippen LogP contribution in [0.25, 0.3) is 6.08 Å². The summed E-state index contributed by atoms with van der Waals surface area (Å²) < 4.78 is 0. The van der Waals surface area contributed by atoms with E-state index in [0.717, 1.165) is 16.8 Å². The first-order valence-corrected chi connectivity index (χ1v) is 6.36. The molecule has 2 rings (SSSR count). The number of benzene rings is 2. The summed E-state index contributed by atoms with van der Waals surface area (Å²) in [6.45, 7) is 1.95. The van der Waals surface area contributed by atoms with Crippen LogP contribution in [0.2, 0.25) is 0 Å². The third kappa shape index (κ3) is 4.45. The zero-order chi connectivity index (χ0) is 15.2.